The highest BCUT2D eigenvalue weighted by Crippen LogP contribution is 1.97. The van der Waals surface area contributed by atoms with Crippen molar-refractivity contribution in [3.05, 3.63) is 12.7 Å². The molecule has 0 amide bonds. The van der Waals surface area contributed by atoms with Gasteiger partial charge in [-0.25, -0.2) is 0 Å². The molecule has 92 valence electrons. The van der Waals surface area contributed by atoms with Gasteiger partial charge in [-0.3, -0.25) is 15.1 Å². The van der Waals surface area contributed by atoms with Crippen molar-refractivity contribution < 1.29 is 14.3 Å². The third-order valence-corrected chi connectivity index (χ3v) is 2.15. The maximum absolute atomic E-state index is 11.0. The Bertz CT molecular complexity index is 221. The zero-order valence-corrected chi connectivity index (χ0v) is 9.99. The second-order valence-electron chi connectivity index (χ2n) is 3.29. The van der Waals surface area contributed by atoms with Gasteiger partial charge in [0.05, 0.1) is 20.6 Å². The Morgan fingerprint density at radius 2 is 1.94 bits per heavy atom. The van der Waals surface area contributed by atoms with E-state index in [1.807, 2.05) is 4.90 Å². The molecule has 0 aromatic carbocycles. The minimum Gasteiger partial charge on any atom is -0.484 e. The molecule has 1 N–H and O–H groups in total. The lowest BCUT2D eigenvalue weighted by molar-refractivity contribution is -0.140. The van der Waals surface area contributed by atoms with Gasteiger partial charge in [0.2, 0.25) is 0 Å². The summed E-state index contributed by atoms with van der Waals surface area (Å²) in [5.74, 6) is 0.0167. The number of carbonyl (C=O) groups excluding carboxylic acids is 1. The number of rotatable bonds is 8. The van der Waals surface area contributed by atoms with E-state index in [1.54, 1.807) is 6.08 Å². The molecule has 0 aromatic heterocycles. The molecular weight excluding hydrogens is 208 g/mol. The van der Waals surface area contributed by atoms with Gasteiger partial charge < -0.3 is 9.47 Å². The molecule has 0 aliphatic rings. The number of carbonyl (C=O) groups is 1. The van der Waals surface area contributed by atoms with Crippen LogP contribution in [0, 0.1) is 5.41 Å². The Morgan fingerprint density at radius 1 is 1.31 bits per heavy atom. The molecule has 16 heavy (non-hydrogen) atoms. The van der Waals surface area contributed by atoms with E-state index >= 15 is 0 Å². The first-order valence-electron chi connectivity index (χ1n) is 5.15. The van der Waals surface area contributed by atoms with Crippen LogP contribution in [0.2, 0.25) is 0 Å². The molecule has 0 spiro atoms. The van der Waals surface area contributed by atoms with Gasteiger partial charge in [-0.05, 0) is 0 Å². The fourth-order valence-electron chi connectivity index (χ4n) is 1.19. The SMILES string of the molecule is C=CCN(CCC(=N)OC)CCC(=O)OC. The largest absolute Gasteiger partial charge is 0.484 e. The Kier molecular flexibility index (Phi) is 8.15. The standard InChI is InChI=1S/C11H20N2O3/c1-4-7-13(8-5-10(12)15-2)9-6-11(14)16-3/h4,12H,1,5-9H2,2-3H3. The predicted molar refractivity (Wildman–Crippen MR) is 62.6 cm³/mol. The summed E-state index contributed by atoms with van der Waals surface area (Å²) in [6, 6.07) is 0. The van der Waals surface area contributed by atoms with Gasteiger partial charge in [0.1, 0.15) is 0 Å². The fourth-order valence-corrected chi connectivity index (χ4v) is 1.19. The molecule has 5 heteroatoms. The van der Waals surface area contributed by atoms with Gasteiger partial charge in [0.25, 0.3) is 0 Å². The zero-order chi connectivity index (χ0) is 12.4. The Morgan fingerprint density at radius 3 is 2.44 bits per heavy atom. The molecule has 0 aliphatic carbocycles. The van der Waals surface area contributed by atoms with Crippen molar-refractivity contribution in [3.63, 3.8) is 0 Å². The van der Waals surface area contributed by atoms with Gasteiger partial charge >= 0.3 is 5.97 Å². The molecule has 0 atom stereocenters. The average molecular weight is 228 g/mol. The van der Waals surface area contributed by atoms with E-state index in [-0.39, 0.29) is 11.9 Å². The monoisotopic (exact) mass is 228 g/mol. The number of nitrogens with one attached hydrogen (secondary N) is 1. The van der Waals surface area contributed by atoms with Crippen molar-refractivity contribution in [2.75, 3.05) is 33.9 Å². The lowest BCUT2D eigenvalue weighted by Crippen LogP contribution is -2.29. The quantitative estimate of drug-likeness (QED) is 0.292. The molecule has 0 radical (unpaired) electrons. The van der Waals surface area contributed by atoms with Crippen molar-refractivity contribution in [1.82, 2.24) is 4.90 Å². The van der Waals surface area contributed by atoms with Crippen LogP contribution in [0.4, 0.5) is 0 Å². The van der Waals surface area contributed by atoms with Crippen LogP contribution in [-0.4, -0.2) is 50.6 Å². The van der Waals surface area contributed by atoms with E-state index < -0.39 is 0 Å². The first-order valence-corrected chi connectivity index (χ1v) is 5.15. The lowest BCUT2D eigenvalue weighted by atomic mass is 10.3. The van der Waals surface area contributed by atoms with Crippen molar-refractivity contribution in [2.24, 2.45) is 0 Å². The summed E-state index contributed by atoms with van der Waals surface area (Å²) >= 11 is 0. The summed E-state index contributed by atoms with van der Waals surface area (Å²) in [5.41, 5.74) is 0. The van der Waals surface area contributed by atoms with E-state index in [9.17, 15) is 4.79 Å². The van der Waals surface area contributed by atoms with Crippen molar-refractivity contribution in [3.8, 4) is 0 Å². The lowest BCUT2D eigenvalue weighted by Gasteiger charge is -2.19. The van der Waals surface area contributed by atoms with Crippen LogP contribution < -0.4 is 0 Å². The van der Waals surface area contributed by atoms with Gasteiger partial charge in [-0.15, -0.1) is 6.58 Å². The van der Waals surface area contributed by atoms with E-state index in [1.165, 1.54) is 14.2 Å². The van der Waals surface area contributed by atoms with Crippen LogP contribution in [0.25, 0.3) is 0 Å². The first kappa shape index (κ1) is 14.6. The number of esters is 1. The van der Waals surface area contributed by atoms with Gasteiger partial charge in [-0.2, -0.15) is 0 Å². The van der Waals surface area contributed by atoms with Crippen LogP contribution in [-0.2, 0) is 14.3 Å². The van der Waals surface area contributed by atoms with E-state index in [0.29, 0.717) is 32.5 Å². The van der Waals surface area contributed by atoms with Crippen molar-refractivity contribution in [2.45, 2.75) is 12.8 Å². The van der Waals surface area contributed by atoms with Crippen molar-refractivity contribution in [1.29, 1.82) is 5.41 Å². The molecule has 0 rings (SSSR count). The molecule has 5 nitrogen and oxygen atoms in total. The molecule has 0 fully saturated rings. The Balaban J connectivity index is 3.91. The third kappa shape index (κ3) is 7.00. The number of nitrogens with zero attached hydrogens (tertiary/aromatic N) is 1. The smallest absolute Gasteiger partial charge is 0.306 e. The second-order valence-corrected chi connectivity index (χ2v) is 3.29. The highest BCUT2D eigenvalue weighted by Gasteiger charge is 2.08. The molecular formula is C11H20N2O3. The summed E-state index contributed by atoms with van der Waals surface area (Å²) in [7, 11) is 2.86. The van der Waals surface area contributed by atoms with Crippen LogP contribution in [0.1, 0.15) is 12.8 Å². The number of ether oxygens (including phenoxy) is 2. The predicted octanol–water partition coefficient (Wildman–Crippen LogP) is 1.05. The normalized spacial score (nSPS) is 9.94. The Hall–Kier alpha value is -1.36. The maximum Gasteiger partial charge on any atom is 0.306 e. The number of hydrogen-bond acceptors (Lipinski definition) is 5. The second kappa shape index (κ2) is 8.91. The summed E-state index contributed by atoms with van der Waals surface area (Å²) in [4.78, 5) is 13.0. The first-order chi connectivity index (χ1) is 7.63. The molecule has 0 aliphatic heterocycles. The summed E-state index contributed by atoms with van der Waals surface area (Å²) in [5, 5.41) is 7.35. The summed E-state index contributed by atoms with van der Waals surface area (Å²) < 4.78 is 9.33. The third-order valence-electron chi connectivity index (χ3n) is 2.15. The Labute approximate surface area is 96.5 Å². The molecule has 0 aromatic rings. The van der Waals surface area contributed by atoms with Gasteiger partial charge in [0.15, 0.2) is 5.90 Å². The van der Waals surface area contributed by atoms with Crippen molar-refractivity contribution >= 4 is 11.9 Å². The zero-order valence-electron chi connectivity index (χ0n) is 9.99. The highest BCUT2D eigenvalue weighted by atomic mass is 16.5. The van der Waals surface area contributed by atoms with Crippen LogP contribution in [0.5, 0.6) is 0 Å². The minimum absolute atomic E-state index is 0.226. The minimum atomic E-state index is -0.226. The van der Waals surface area contributed by atoms with E-state index in [2.05, 4.69) is 11.3 Å². The molecule has 0 bridgehead atoms. The molecule has 0 unspecified atom stereocenters. The van der Waals surface area contributed by atoms with Crippen LogP contribution >= 0.6 is 0 Å². The van der Waals surface area contributed by atoms with E-state index in [0.717, 1.165) is 0 Å². The highest BCUT2D eigenvalue weighted by molar-refractivity contribution is 5.72. The maximum atomic E-state index is 11.0. The number of methoxy groups -OCH3 is 2. The van der Waals surface area contributed by atoms with E-state index in [4.69, 9.17) is 10.1 Å². The van der Waals surface area contributed by atoms with Crippen LogP contribution in [0.15, 0.2) is 12.7 Å². The molecule has 0 saturated carbocycles. The van der Waals surface area contributed by atoms with Gasteiger partial charge in [0, 0.05) is 26.1 Å². The topological polar surface area (TPSA) is 62.6 Å². The summed E-state index contributed by atoms with van der Waals surface area (Å²) in [6.45, 7) is 5.62. The molecule has 0 heterocycles. The average Bonchev–Trinajstić information content (AvgIpc) is 2.31. The molecule has 0 saturated heterocycles. The van der Waals surface area contributed by atoms with Crippen LogP contribution in [0.3, 0.4) is 0 Å². The fraction of sp³-hybridized carbons (Fsp3) is 0.636. The number of hydrogen-bond donors (Lipinski definition) is 1. The van der Waals surface area contributed by atoms with Gasteiger partial charge in [-0.1, -0.05) is 6.08 Å². The summed E-state index contributed by atoms with van der Waals surface area (Å²) in [6.07, 6.45) is 2.66.